The molecular formula is C13H26O2. The summed E-state index contributed by atoms with van der Waals surface area (Å²) in [4.78, 5) is 0. The zero-order valence-electron chi connectivity index (χ0n) is 10.5. The van der Waals surface area contributed by atoms with Gasteiger partial charge in [0, 0.05) is 19.8 Å². The maximum absolute atomic E-state index is 5.67. The summed E-state index contributed by atoms with van der Waals surface area (Å²) in [5.41, 5.74) is 0. The van der Waals surface area contributed by atoms with Gasteiger partial charge in [0.25, 0.3) is 0 Å². The van der Waals surface area contributed by atoms with Crippen molar-refractivity contribution in [3.63, 3.8) is 0 Å². The third kappa shape index (κ3) is 5.53. The molecule has 0 radical (unpaired) electrons. The number of hydrogen-bond acceptors (Lipinski definition) is 2. The second kappa shape index (κ2) is 7.24. The molecule has 0 heterocycles. The summed E-state index contributed by atoms with van der Waals surface area (Å²) in [5.74, 6) is 1.60. The van der Waals surface area contributed by atoms with E-state index in [4.69, 9.17) is 9.47 Å². The molecule has 1 saturated carbocycles. The van der Waals surface area contributed by atoms with Crippen molar-refractivity contribution >= 4 is 0 Å². The highest BCUT2D eigenvalue weighted by molar-refractivity contribution is 4.72. The van der Waals surface area contributed by atoms with Crippen LogP contribution in [0.5, 0.6) is 0 Å². The van der Waals surface area contributed by atoms with Gasteiger partial charge in [0.15, 0.2) is 0 Å². The molecule has 90 valence electrons. The van der Waals surface area contributed by atoms with Gasteiger partial charge in [0.1, 0.15) is 0 Å². The van der Waals surface area contributed by atoms with Crippen LogP contribution in [-0.2, 0) is 9.47 Å². The Morgan fingerprint density at radius 2 is 1.53 bits per heavy atom. The molecule has 1 rings (SSSR count). The van der Waals surface area contributed by atoms with E-state index in [1.54, 1.807) is 0 Å². The topological polar surface area (TPSA) is 18.5 Å². The maximum Gasteiger partial charge on any atom is 0.0519 e. The normalized spacial score (nSPS) is 27.2. The Morgan fingerprint density at radius 1 is 1.00 bits per heavy atom. The predicted molar refractivity (Wildman–Crippen MR) is 63.0 cm³/mol. The van der Waals surface area contributed by atoms with Gasteiger partial charge in [0.05, 0.1) is 6.10 Å². The minimum Gasteiger partial charge on any atom is -0.381 e. The molecule has 0 aromatic rings. The first-order valence-electron chi connectivity index (χ1n) is 6.41. The van der Waals surface area contributed by atoms with Crippen LogP contribution < -0.4 is 0 Å². The molecule has 0 aromatic heterocycles. The van der Waals surface area contributed by atoms with E-state index in [-0.39, 0.29) is 0 Å². The molecule has 2 nitrogen and oxygen atoms in total. The van der Waals surface area contributed by atoms with Crippen LogP contribution in [0.4, 0.5) is 0 Å². The van der Waals surface area contributed by atoms with E-state index in [9.17, 15) is 0 Å². The summed E-state index contributed by atoms with van der Waals surface area (Å²) >= 11 is 0. The second-order valence-corrected chi connectivity index (χ2v) is 4.93. The van der Waals surface area contributed by atoms with E-state index >= 15 is 0 Å². The largest absolute Gasteiger partial charge is 0.381 e. The van der Waals surface area contributed by atoms with Gasteiger partial charge in [0.2, 0.25) is 0 Å². The first-order chi connectivity index (χ1) is 7.22. The number of hydrogen-bond donors (Lipinski definition) is 0. The molecule has 15 heavy (non-hydrogen) atoms. The zero-order valence-corrected chi connectivity index (χ0v) is 10.5. The molecule has 0 unspecified atom stereocenters. The molecule has 0 aromatic carbocycles. The van der Waals surface area contributed by atoms with E-state index in [2.05, 4.69) is 20.8 Å². The SMILES string of the molecule is CCOC[C@H]1CC[C@@H](COC(C)C)CC1. The lowest BCUT2D eigenvalue weighted by Crippen LogP contribution is -2.22. The Balaban J connectivity index is 2.07. The van der Waals surface area contributed by atoms with Crippen LogP contribution in [0.15, 0.2) is 0 Å². The summed E-state index contributed by atoms with van der Waals surface area (Å²) < 4.78 is 11.1. The Labute approximate surface area is 94.3 Å². The average molecular weight is 214 g/mol. The van der Waals surface area contributed by atoms with Crippen LogP contribution in [0.2, 0.25) is 0 Å². The van der Waals surface area contributed by atoms with Crippen molar-refractivity contribution in [1.29, 1.82) is 0 Å². The number of rotatable bonds is 6. The highest BCUT2D eigenvalue weighted by Crippen LogP contribution is 2.29. The molecule has 0 amide bonds. The minimum absolute atomic E-state index is 0.381. The van der Waals surface area contributed by atoms with Gasteiger partial charge in [-0.05, 0) is 58.3 Å². The van der Waals surface area contributed by atoms with Gasteiger partial charge in [-0.3, -0.25) is 0 Å². The van der Waals surface area contributed by atoms with Gasteiger partial charge in [-0.15, -0.1) is 0 Å². The standard InChI is InChI=1S/C13H26O2/c1-4-14-9-12-5-7-13(8-6-12)10-15-11(2)3/h11-13H,4-10H2,1-3H3/t12-,13+. The third-order valence-electron chi connectivity index (χ3n) is 3.19. The smallest absolute Gasteiger partial charge is 0.0519 e. The van der Waals surface area contributed by atoms with Crippen molar-refractivity contribution in [2.75, 3.05) is 19.8 Å². The molecule has 1 aliphatic carbocycles. The van der Waals surface area contributed by atoms with E-state index in [0.29, 0.717) is 6.10 Å². The fourth-order valence-electron chi connectivity index (χ4n) is 2.18. The highest BCUT2D eigenvalue weighted by Gasteiger charge is 2.21. The van der Waals surface area contributed by atoms with Gasteiger partial charge < -0.3 is 9.47 Å². The molecule has 0 spiro atoms. The summed E-state index contributed by atoms with van der Waals surface area (Å²) in [5, 5.41) is 0. The molecule has 0 atom stereocenters. The molecule has 1 aliphatic rings. The van der Waals surface area contributed by atoms with Gasteiger partial charge in [-0.25, -0.2) is 0 Å². The van der Waals surface area contributed by atoms with Crippen LogP contribution in [0.25, 0.3) is 0 Å². The lowest BCUT2D eigenvalue weighted by Gasteiger charge is -2.28. The predicted octanol–water partition coefficient (Wildman–Crippen LogP) is 3.25. The van der Waals surface area contributed by atoms with Crippen LogP contribution in [0.1, 0.15) is 46.5 Å². The highest BCUT2D eigenvalue weighted by atomic mass is 16.5. The molecule has 0 aliphatic heterocycles. The van der Waals surface area contributed by atoms with E-state index < -0.39 is 0 Å². The summed E-state index contributed by atoms with van der Waals surface area (Å²) in [6, 6.07) is 0. The fraction of sp³-hybridized carbons (Fsp3) is 1.00. The second-order valence-electron chi connectivity index (χ2n) is 4.93. The van der Waals surface area contributed by atoms with Crippen LogP contribution in [0.3, 0.4) is 0 Å². The molecule has 0 saturated heterocycles. The maximum atomic E-state index is 5.67. The quantitative estimate of drug-likeness (QED) is 0.675. The van der Waals surface area contributed by atoms with Crippen molar-refractivity contribution in [3.8, 4) is 0 Å². The Hall–Kier alpha value is -0.0800. The van der Waals surface area contributed by atoms with Crippen LogP contribution >= 0.6 is 0 Å². The Bertz CT molecular complexity index is 149. The van der Waals surface area contributed by atoms with Crippen LogP contribution in [-0.4, -0.2) is 25.9 Å². The minimum atomic E-state index is 0.381. The van der Waals surface area contributed by atoms with E-state index in [0.717, 1.165) is 31.7 Å². The number of ether oxygens (including phenoxy) is 2. The summed E-state index contributed by atoms with van der Waals surface area (Å²) in [7, 11) is 0. The molecule has 1 fully saturated rings. The van der Waals surface area contributed by atoms with Crippen molar-refractivity contribution in [1.82, 2.24) is 0 Å². The van der Waals surface area contributed by atoms with Crippen molar-refractivity contribution in [2.45, 2.75) is 52.6 Å². The van der Waals surface area contributed by atoms with Gasteiger partial charge >= 0.3 is 0 Å². The lowest BCUT2D eigenvalue weighted by molar-refractivity contribution is 0.0263. The van der Waals surface area contributed by atoms with Crippen LogP contribution in [0, 0.1) is 11.8 Å². The molecule has 0 N–H and O–H groups in total. The van der Waals surface area contributed by atoms with E-state index in [1.807, 2.05) is 0 Å². The van der Waals surface area contributed by atoms with Crippen molar-refractivity contribution in [2.24, 2.45) is 11.8 Å². The molecule has 0 bridgehead atoms. The van der Waals surface area contributed by atoms with Gasteiger partial charge in [-0.2, -0.15) is 0 Å². The monoisotopic (exact) mass is 214 g/mol. The zero-order chi connectivity index (χ0) is 11.1. The van der Waals surface area contributed by atoms with Crippen molar-refractivity contribution in [3.05, 3.63) is 0 Å². The Kier molecular flexibility index (Phi) is 6.26. The first-order valence-corrected chi connectivity index (χ1v) is 6.41. The first kappa shape index (κ1) is 13.0. The Morgan fingerprint density at radius 3 is 2.00 bits per heavy atom. The third-order valence-corrected chi connectivity index (χ3v) is 3.19. The molecule has 2 heteroatoms. The lowest BCUT2D eigenvalue weighted by atomic mass is 9.83. The van der Waals surface area contributed by atoms with E-state index in [1.165, 1.54) is 25.7 Å². The summed E-state index contributed by atoms with van der Waals surface area (Å²) in [6.45, 7) is 9.08. The van der Waals surface area contributed by atoms with Crippen molar-refractivity contribution < 1.29 is 9.47 Å². The summed E-state index contributed by atoms with van der Waals surface area (Å²) in [6.07, 6.45) is 5.68. The fourth-order valence-corrected chi connectivity index (χ4v) is 2.18. The van der Waals surface area contributed by atoms with Gasteiger partial charge in [-0.1, -0.05) is 0 Å². The molecular weight excluding hydrogens is 188 g/mol. The average Bonchev–Trinajstić information content (AvgIpc) is 2.25.